The van der Waals surface area contributed by atoms with Crippen LogP contribution >= 0.6 is 27.5 Å². The standard InChI is InChI=1S/C30H29BrClN3O3/c1-5-9-21-14-20(15-27(37-4)28(21)38-18-22-10-7-8-11-25(22)32)17-33-35-29(19(3)6-2)34-26-13-12-23(31)16-24(26)30(35)36/h5,7-8,10-17,19H,1,6,9,18H2,2-4H3/t19-/m1/s1. The van der Waals surface area contributed by atoms with Crippen LogP contribution < -0.4 is 15.0 Å². The molecular weight excluding hydrogens is 566 g/mol. The fraction of sp³-hybridized carbons (Fsp3) is 0.233. The molecule has 6 nitrogen and oxygen atoms in total. The lowest BCUT2D eigenvalue weighted by atomic mass is 10.1. The first-order valence-corrected chi connectivity index (χ1v) is 13.5. The Morgan fingerprint density at radius 1 is 1.18 bits per heavy atom. The van der Waals surface area contributed by atoms with Crippen molar-refractivity contribution in [1.29, 1.82) is 0 Å². The van der Waals surface area contributed by atoms with Crippen molar-refractivity contribution in [3.63, 3.8) is 0 Å². The Balaban J connectivity index is 1.76. The maximum Gasteiger partial charge on any atom is 0.282 e. The van der Waals surface area contributed by atoms with Gasteiger partial charge in [0.1, 0.15) is 12.4 Å². The molecule has 0 saturated carbocycles. The van der Waals surface area contributed by atoms with Crippen molar-refractivity contribution in [3.8, 4) is 11.5 Å². The fourth-order valence-electron chi connectivity index (χ4n) is 4.05. The third-order valence-electron chi connectivity index (χ3n) is 6.28. The van der Waals surface area contributed by atoms with Crippen LogP contribution in [0.4, 0.5) is 0 Å². The molecule has 196 valence electrons. The van der Waals surface area contributed by atoms with Crippen LogP contribution in [0.2, 0.25) is 5.02 Å². The Labute approximate surface area is 235 Å². The van der Waals surface area contributed by atoms with Gasteiger partial charge in [0, 0.05) is 26.5 Å². The van der Waals surface area contributed by atoms with Gasteiger partial charge in [0.15, 0.2) is 11.5 Å². The third kappa shape index (κ3) is 6.00. The number of methoxy groups -OCH3 is 1. The van der Waals surface area contributed by atoms with E-state index < -0.39 is 0 Å². The monoisotopic (exact) mass is 593 g/mol. The van der Waals surface area contributed by atoms with Gasteiger partial charge in [-0.15, -0.1) is 6.58 Å². The average molecular weight is 595 g/mol. The molecule has 0 N–H and O–H groups in total. The highest BCUT2D eigenvalue weighted by molar-refractivity contribution is 9.10. The molecule has 0 spiro atoms. The molecule has 38 heavy (non-hydrogen) atoms. The molecule has 0 fully saturated rings. The van der Waals surface area contributed by atoms with Crippen molar-refractivity contribution in [1.82, 2.24) is 9.66 Å². The van der Waals surface area contributed by atoms with Gasteiger partial charge in [-0.1, -0.05) is 65.7 Å². The summed E-state index contributed by atoms with van der Waals surface area (Å²) >= 11 is 9.76. The SMILES string of the molecule is C=CCc1cc(C=Nn2c([C@H](C)CC)nc3ccc(Br)cc3c2=O)cc(OC)c1OCc1ccccc1Cl. The number of fused-ring (bicyclic) bond motifs is 1. The molecule has 0 saturated heterocycles. The molecule has 1 atom stereocenters. The fourth-order valence-corrected chi connectivity index (χ4v) is 4.60. The van der Waals surface area contributed by atoms with Crippen LogP contribution in [0, 0.1) is 0 Å². The number of hydrogen-bond acceptors (Lipinski definition) is 5. The van der Waals surface area contributed by atoms with Crippen LogP contribution in [0.5, 0.6) is 11.5 Å². The van der Waals surface area contributed by atoms with Gasteiger partial charge in [0.25, 0.3) is 5.56 Å². The highest BCUT2D eigenvalue weighted by Gasteiger charge is 2.17. The number of rotatable bonds is 10. The van der Waals surface area contributed by atoms with Gasteiger partial charge in [-0.3, -0.25) is 4.79 Å². The predicted molar refractivity (Wildman–Crippen MR) is 158 cm³/mol. The third-order valence-corrected chi connectivity index (χ3v) is 7.14. The Kier molecular flexibility index (Phi) is 9.02. The summed E-state index contributed by atoms with van der Waals surface area (Å²) in [6.07, 6.45) is 4.82. The summed E-state index contributed by atoms with van der Waals surface area (Å²) in [5, 5.41) is 5.73. The Bertz CT molecular complexity index is 1560. The lowest BCUT2D eigenvalue weighted by Crippen LogP contribution is -2.23. The second-order valence-corrected chi connectivity index (χ2v) is 10.2. The number of aromatic nitrogens is 2. The normalized spacial score (nSPS) is 12.1. The number of allylic oxidation sites excluding steroid dienone is 1. The molecule has 0 bridgehead atoms. The summed E-state index contributed by atoms with van der Waals surface area (Å²) in [6.45, 7) is 8.28. The van der Waals surface area contributed by atoms with Crippen LogP contribution in [0.25, 0.3) is 10.9 Å². The van der Waals surface area contributed by atoms with Gasteiger partial charge in [-0.25, -0.2) is 4.98 Å². The van der Waals surface area contributed by atoms with E-state index in [9.17, 15) is 4.79 Å². The van der Waals surface area contributed by atoms with Crippen LogP contribution in [0.15, 0.2) is 81.6 Å². The Hall–Kier alpha value is -3.42. The van der Waals surface area contributed by atoms with Crippen molar-refractivity contribution in [2.75, 3.05) is 7.11 Å². The molecule has 1 aromatic heterocycles. The molecule has 1 heterocycles. The highest BCUT2D eigenvalue weighted by Crippen LogP contribution is 2.34. The van der Waals surface area contributed by atoms with Gasteiger partial charge in [-0.05, 0) is 54.8 Å². The predicted octanol–water partition coefficient (Wildman–Crippen LogP) is 7.52. The van der Waals surface area contributed by atoms with E-state index in [2.05, 4.69) is 34.5 Å². The van der Waals surface area contributed by atoms with E-state index in [-0.39, 0.29) is 11.5 Å². The summed E-state index contributed by atoms with van der Waals surface area (Å²) in [5.74, 6) is 1.81. The van der Waals surface area contributed by atoms with Crippen molar-refractivity contribution in [3.05, 3.63) is 110 Å². The zero-order valence-corrected chi connectivity index (χ0v) is 23.9. The Morgan fingerprint density at radius 2 is 1.97 bits per heavy atom. The molecule has 8 heteroatoms. The van der Waals surface area contributed by atoms with Gasteiger partial charge in [0.05, 0.1) is 24.2 Å². The van der Waals surface area contributed by atoms with Gasteiger partial charge in [0.2, 0.25) is 0 Å². The summed E-state index contributed by atoms with van der Waals surface area (Å²) < 4.78 is 14.0. The van der Waals surface area contributed by atoms with Crippen molar-refractivity contribution in [2.45, 2.75) is 39.2 Å². The smallest absolute Gasteiger partial charge is 0.282 e. The number of hydrogen-bond donors (Lipinski definition) is 0. The minimum Gasteiger partial charge on any atom is -0.493 e. The molecule has 0 aliphatic heterocycles. The zero-order valence-electron chi connectivity index (χ0n) is 21.6. The number of nitrogens with zero attached hydrogens (tertiary/aromatic N) is 3. The molecule has 0 amide bonds. The van der Waals surface area contributed by atoms with E-state index in [0.29, 0.717) is 46.3 Å². The number of ether oxygens (including phenoxy) is 2. The molecule has 0 aliphatic carbocycles. The van der Waals surface area contributed by atoms with E-state index >= 15 is 0 Å². The summed E-state index contributed by atoms with van der Waals surface area (Å²) in [6, 6.07) is 16.8. The van der Waals surface area contributed by atoms with Crippen molar-refractivity contribution in [2.24, 2.45) is 5.10 Å². The maximum absolute atomic E-state index is 13.5. The average Bonchev–Trinajstić information content (AvgIpc) is 2.92. The zero-order chi connectivity index (χ0) is 27.2. The van der Waals surface area contributed by atoms with Gasteiger partial charge in [-0.2, -0.15) is 9.78 Å². The molecule has 3 aromatic carbocycles. The minimum absolute atomic E-state index is 0.0411. The highest BCUT2D eigenvalue weighted by atomic mass is 79.9. The molecule has 4 aromatic rings. The molecular formula is C30H29BrClN3O3. The first-order chi connectivity index (χ1) is 18.4. The lowest BCUT2D eigenvalue weighted by molar-refractivity contribution is 0.282. The van der Waals surface area contributed by atoms with Crippen LogP contribution in [-0.2, 0) is 13.0 Å². The van der Waals surface area contributed by atoms with Gasteiger partial charge < -0.3 is 9.47 Å². The summed E-state index contributed by atoms with van der Waals surface area (Å²) in [4.78, 5) is 18.2. The topological polar surface area (TPSA) is 65.7 Å². The first kappa shape index (κ1) is 27.6. The van der Waals surface area contributed by atoms with Crippen molar-refractivity contribution >= 4 is 44.6 Å². The second-order valence-electron chi connectivity index (χ2n) is 8.89. The largest absolute Gasteiger partial charge is 0.493 e. The van der Waals surface area contributed by atoms with Crippen LogP contribution in [-0.4, -0.2) is 23.0 Å². The van der Waals surface area contributed by atoms with Crippen molar-refractivity contribution < 1.29 is 9.47 Å². The van der Waals surface area contributed by atoms with E-state index in [0.717, 1.165) is 27.6 Å². The Morgan fingerprint density at radius 3 is 2.68 bits per heavy atom. The molecule has 4 rings (SSSR count). The van der Waals surface area contributed by atoms with Gasteiger partial charge >= 0.3 is 0 Å². The maximum atomic E-state index is 13.5. The number of benzene rings is 3. The summed E-state index contributed by atoms with van der Waals surface area (Å²) in [7, 11) is 1.59. The second kappa shape index (κ2) is 12.4. The molecule has 0 aliphatic rings. The van der Waals surface area contributed by atoms with Crippen LogP contribution in [0.3, 0.4) is 0 Å². The van der Waals surface area contributed by atoms with E-state index in [4.69, 9.17) is 26.1 Å². The molecule has 0 unspecified atom stereocenters. The minimum atomic E-state index is -0.221. The molecule has 0 radical (unpaired) electrons. The number of halogens is 2. The lowest BCUT2D eigenvalue weighted by Gasteiger charge is -2.16. The van der Waals surface area contributed by atoms with Crippen LogP contribution in [0.1, 0.15) is 48.7 Å². The summed E-state index contributed by atoms with van der Waals surface area (Å²) in [5.41, 5.74) is 2.93. The quantitative estimate of drug-likeness (QED) is 0.141. The first-order valence-electron chi connectivity index (χ1n) is 12.3. The van der Waals surface area contributed by atoms with E-state index in [1.807, 2.05) is 55.5 Å². The van der Waals surface area contributed by atoms with E-state index in [1.54, 1.807) is 25.5 Å². The van der Waals surface area contributed by atoms with E-state index in [1.165, 1.54) is 4.68 Å².